The number of ether oxygens (including phenoxy) is 1. The molecule has 0 unspecified atom stereocenters. The molecule has 1 aromatic heterocycles. The minimum atomic E-state index is -1.06. The molecule has 0 atom stereocenters. The van der Waals surface area contributed by atoms with Crippen LogP contribution in [0.1, 0.15) is 23.0 Å². The van der Waals surface area contributed by atoms with E-state index in [1.54, 1.807) is 0 Å². The molecule has 0 spiro atoms. The van der Waals surface area contributed by atoms with Crippen LogP contribution in [-0.4, -0.2) is 28.2 Å². The van der Waals surface area contributed by atoms with Gasteiger partial charge in [-0.1, -0.05) is 6.92 Å². The molecule has 1 rings (SSSR count). The van der Waals surface area contributed by atoms with Crippen LogP contribution in [0.3, 0.4) is 0 Å². The van der Waals surface area contributed by atoms with Crippen LogP contribution < -0.4 is 4.74 Å². The topological polar surface area (TPSA) is 72.3 Å². The number of carbonyl (C=O) groups is 1. The van der Waals surface area contributed by atoms with E-state index < -0.39 is 5.97 Å². The largest absolute Gasteiger partial charge is 0.480 e. The van der Waals surface area contributed by atoms with Crippen LogP contribution in [0.25, 0.3) is 0 Å². The molecule has 13 heavy (non-hydrogen) atoms. The molecule has 1 heterocycles. The van der Waals surface area contributed by atoms with Gasteiger partial charge in [0.05, 0.1) is 12.8 Å². The molecule has 0 bridgehead atoms. The summed E-state index contributed by atoms with van der Waals surface area (Å²) in [5, 5.41) is 8.85. The number of methoxy groups -OCH3 is 1. The van der Waals surface area contributed by atoms with Gasteiger partial charge in [0.25, 0.3) is 0 Å². The fourth-order valence-corrected chi connectivity index (χ4v) is 1.04. The molecule has 0 saturated carbocycles. The lowest BCUT2D eigenvalue weighted by atomic mass is 10.2. The lowest BCUT2D eigenvalue weighted by molar-refractivity contribution is 0.0690. The van der Waals surface area contributed by atoms with Crippen molar-refractivity contribution in [1.29, 1.82) is 0 Å². The number of rotatable bonds is 3. The fraction of sp³-hybridized carbons (Fsp3) is 0.375. The first-order valence-electron chi connectivity index (χ1n) is 3.81. The van der Waals surface area contributed by atoms with Crippen molar-refractivity contribution in [1.82, 2.24) is 9.97 Å². The van der Waals surface area contributed by atoms with Crippen molar-refractivity contribution >= 4 is 5.97 Å². The third-order valence-electron chi connectivity index (χ3n) is 1.63. The summed E-state index contributed by atoms with van der Waals surface area (Å²) in [6.07, 6.45) is 1.84. The summed E-state index contributed by atoms with van der Waals surface area (Å²) in [4.78, 5) is 18.4. The van der Waals surface area contributed by atoms with Crippen LogP contribution in [-0.2, 0) is 6.42 Å². The monoisotopic (exact) mass is 182 g/mol. The summed E-state index contributed by atoms with van der Waals surface area (Å²) in [5.41, 5.74) is 0.534. The maximum Gasteiger partial charge on any atom is 0.343 e. The molecule has 0 aliphatic carbocycles. The van der Waals surface area contributed by atoms with Gasteiger partial charge < -0.3 is 9.84 Å². The van der Waals surface area contributed by atoms with Gasteiger partial charge in [-0.25, -0.2) is 14.8 Å². The molecule has 0 fully saturated rings. The van der Waals surface area contributed by atoms with Gasteiger partial charge in [-0.3, -0.25) is 0 Å². The Kier molecular flexibility index (Phi) is 2.79. The summed E-state index contributed by atoms with van der Waals surface area (Å²) >= 11 is 0. The lowest BCUT2D eigenvalue weighted by Gasteiger charge is -2.05. The third-order valence-corrected chi connectivity index (χ3v) is 1.63. The maximum absolute atomic E-state index is 10.8. The maximum atomic E-state index is 10.8. The van der Waals surface area contributed by atoms with E-state index >= 15 is 0 Å². The number of aryl methyl sites for hydroxylation is 1. The van der Waals surface area contributed by atoms with Crippen molar-refractivity contribution in [2.24, 2.45) is 0 Å². The van der Waals surface area contributed by atoms with Gasteiger partial charge in [-0.15, -0.1) is 0 Å². The van der Waals surface area contributed by atoms with Gasteiger partial charge in [0.1, 0.15) is 11.9 Å². The van der Waals surface area contributed by atoms with Gasteiger partial charge in [0.15, 0.2) is 0 Å². The second-order valence-corrected chi connectivity index (χ2v) is 2.36. The second kappa shape index (κ2) is 3.84. The standard InChI is InChI=1S/C8H10N2O3/c1-3-5-6(8(11)12)7(13-2)10-4-9-5/h4H,3H2,1-2H3,(H,11,12). The molecule has 0 amide bonds. The van der Waals surface area contributed by atoms with Crippen molar-refractivity contribution in [3.05, 3.63) is 17.6 Å². The molecule has 0 aliphatic rings. The Morgan fingerprint density at radius 2 is 2.31 bits per heavy atom. The fourth-order valence-electron chi connectivity index (χ4n) is 1.04. The molecule has 5 nitrogen and oxygen atoms in total. The summed E-state index contributed by atoms with van der Waals surface area (Å²) in [5.74, 6) is -0.950. The van der Waals surface area contributed by atoms with Crippen molar-refractivity contribution < 1.29 is 14.6 Å². The number of carboxylic acid groups (broad SMARTS) is 1. The summed E-state index contributed by atoms with van der Waals surface area (Å²) < 4.78 is 4.82. The highest BCUT2D eigenvalue weighted by Gasteiger charge is 2.17. The average Bonchev–Trinajstić information content (AvgIpc) is 2.16. The summed E-state index contributed by atoms with van der Waals surface area (Å²) in [7, 11) is 1.38. The van der Waals surface area contributed by atoms with E-state index in [1.165, 1.54) is 13.4 Å². The number of aromatic carboxylic acids is 1. The van der Waals surface area contributed by atoms with Crippen molar-refractivity contribution in [2.75, 3.05) is 7.11 Å². The molecule has 0 radical (unpaired) electrons. The summed E-state index contributed by atoms with van der Waals surface area (Å²) in [6.45, 7) is 1.83. The number of aromatic nitrogens is 2. The Bertz CT molecular complexity index is 303. The minimum absolute atomic E-state index is 0.0486. The van der Waals surface area contributed by atoms with E-state index in [2.05, 4.69) is 9.97 Å². The highest BCUT2D eigenvalue weighted by molar-refractivity contribution is 5.91. The second-order valence-electron chi connectivity index (χ2n) is 2.36. The van der Waals surface area contributed by atoms with Crippen LogP contribution in [0.4, 0.5) is 0 Å². The van der Waals surface area contributed by atoms with Gasteiger partial charge in [0, 0.05) is 0 Å². The molecule has 5 heteroatoms. The number of hydrogen-bond donors (Lipinski definition) is 1. The predicted molar refractivity (Wildman–Crippen MR) is 44.9 cm³/mol. The first-order valence-corrected chi connectivity index (χ1v) is 3.81. The van der Waals surface area contributed by atoms with E-state index in [9.17, 15) is 4.79 Å². The van der Waals surface area contributed by atoms with Gasteiger partial charge in [-0.05, 0) is 6.42 Å². The van der Waals surface area contributed by atoms with Crippen LogP contribution in [0.15, 0.2) is 6.33 Å². The highest BCUT2D eigenvalue weighted by atomic mass is 16.5. The zero-order valence-electron chi connectivity index (χ0n) is 7.44. The normalized spacial score (nSPS) is 9.69. The number of hydrogen-bond acceptors (Lipinski definition) is 4. The molecular weight excluding hydrogens is 172 g/mol. The van der Waals surface area contributed by atoms with E-state index in [0.29, 0.717) is 12.1 Å². The Morgan fingerprint density at radius 3 is 2.77 bits per heavy atom. The SMILES string of the molecule is CCc1ncnc(OC)c1C(=O)O. The predicted octanol–water partition coefficient (Wildman–Crippen LogP) is 0.746. The van der Waals surface area contributed by atoms with E-state index in [1.807, 2.05) is 6.92 Å². The Morgan fingerprint density at radius 1 is 1.62 bits per heavy atom. The van der Waals surface area contributed by atoms with Gasteiger partial charge in [-0.2, -0.15) is 0 Å². The van der Waals surface area contributed by atoms with Crippen molar-refractivity contribution in [3.8, 4) is 5.88 Å². The first-order chi connectivity index (χ1) is 6.20. The molecule has 1 N–H and O–H groups in total. The van der Waals surface area contributed by atoms with Crippen molar-refractivity contribution in [2.45, 2.75) is 13.3 Å². The van der Waals surface area contributed by atoms with Crippen LogP contribution in [0.2, 0.25) is 0 Å². The Balaban J connectivity index is 3.29. The van der Waals surface area contributed by atoms with Gasteiger partial charge >= 0.3 is 5.97 Å². The van der Waals surface area contributed by atoms with E-state index in [-0.39, 0.29) is 11.4 Å². The minimum Gasteiger partial charge on any atom is -0.480 e. The molecule has 0 aliphatic heterocycles. The third kappa shape index (κ3) is 1.74. The summed E-state index contributed by atoms with van der Waals surface area (Å²) in [6, 6.07) is 0. The lowest BCUT2D eigenvalue weighted by Crippen LogP contribution is -2.08. The number of nitrogens with zero attached hydrogens (tertiary/aromatic N) is 2. The first kappa shape index (κ1) is 9.44. The van der Waals surface area contributed by atoms with Crippen LogP contribution in [0, 0.1) is 0 Å². The quantitative estimate of drug-likeness (QED) is 0.746. The molecule has 0 saturated heterocycles. The zero-order valence-corrected chi connectivity index (χ0v) is 7.44. The smallest absolute Gasteiger partial charge is 0.343 e. The average molecular weight is 182 g/mol. The number of carboxylic acids is 1. The van der Waals surface area contributed by atoms with Crippen LogP contribution in [0.5, 0.6) is 5.88 Å². The molecular formula is C8H10N2O3. The molecule has 70 valence electrons. The Hall–Kier alpha value is -1.65. The van der Waals surface area contributed by atoms with Crippen LogP contribution >= 0.6 is 0 Å². The van der Waals surface area contributed by atoms with E-state index in [0.717, 1.165) is 0 Å². The van der Waals surface area contributed by atoms with E-state index in [4.69, 9.17) is 9.84 Å². The van der Waals surface area contributed by atoms with Gasteiger partial charge in [0.2, 0.25) is 5.88 Å². The Labute approximate surface area is 75.4 Å². The molecule has 0 aromatic carbocycles. The zero-order chi connectivity index (χ0) is 9.84. The highest BCUT2D eigenvalue weighted by Crippen LogP contribution is 2.17. The molecule has 1 aromatic rings. The van der Waals surface area contributed by atoms with Crippen molar-refractivity contribution in [3.63, 3.8) is 0 Å².